The van der Waals surface area contributed by atoms with Crippen LogP contribution in [0.3, 0.4) is 0 Å². The third kappa shape index (κ3) is 3.69. The van der Waals surface area contributed by atoms with Crippen LogP contribution in [0.4, 0.5) is 0 Å². The van der Waals surface area contributed by atoms with Crippen molar-refractivity contribution in [3.05, 3.63) is 53.3 Å². The second-order valence-corrected chi connectivity index (χ2v) is 7.59. The number of ether oxygens (including phenoxy) is 1. The number of aromatic nitrogens is 2. The van der Waals surface area contributed by atoms with E-state index >= 15 is 0 Å². The molecule has 0 amide bonds. The van der Waals surface area contributed by atoms with Crippen LogP contribution in [-0.4, -0.2) is 16.2 Å². The first-order valence-electron chi connectivity index (χ1n) is 7.66. The van der Waals surface area contributed by atoms with Crippen molar-refractivity contribution in [2.45, 2.75) is 20.2 Å². The fraction of sp³-hybridized carbons (Fsp3) is 0.278. The van der Waals surface area contributed by atoms with E-state index in [2.05, 4.69) is 96.6 Å². The topological polar surface area (TPSA) is 27.1 Å². The number of halogens is 3. The van der Waals surface area contributed by atoms with E-state index in [1.807, 2.05) is 19.1 Å². The summed E-state index contributed by atoms with van der Waals surface area (Å²) in [7, 11) is 0. The molecule has 0 aliphatic heterocycles. The Morgan fingerprint density at radius 1 is 0.958 bits per heavy atom. The lowest BCUT2D eigenvalue weighted by atomic mass is 10.1. The molecule has 0 fully saturated rings. The van der Waals surface area contributed by atoms with Crippen LogP contribution < -0.4 is 4.74 Å². The first kappa shape index (κ1) is 18.7. The first-order chi connectivity index (χ1) is 11.7. The molecule has 3 rings (SSSR count). The van der Waals surface area contributed by atoms with Crippen LogP contribution in [0.2, 0.25) is 0 Å². The van der Waals surface area contributed by atoms with Crippen LogP contribution in [0.25, 0.3) is 16.7 Å². The lowest BCUT2D eigenvalue weighted by Gasteiger charge is -2.11. The highest BCUT2D eigenvalue weighted by Crippen LogP contribution is 2.29. The maximum absolute atomic E-state index is 5.56. The van der Waals surface area contributed by atoms with Crippen molar-refractivity contribution in [2.75, 3.05) is 6.61 Å². The molecule has 0 saturated carbocycles. The smallest absolute Gasteiger partial charge is 0.124 e. The Bertz CT molecular complexity index is 844. The van der Waals surface area contributed by atoms with Gasteiger partial charge in [0.2, 0.25) is 0 Å². The van der Waals surface area contributed by atoms with Gasteiger partial charge in [-0.15, -0.1) is 0 Å². The number of alkyl halides is 3. The normalized spacial score (nSPS) is 11.2. The number of hydrogen-bond acceptors (Lipinski definition) is 2. The maximum Gasteiger partial charge on any atom is 0.124 e. The van der Waals surface area contributed by atoms with E-state index in [4.69, 9.17) is 9.72 Å². The highest BCUT2D eigenvalue weighted by molar-refractivity contribution is 14.1. The van der Waals surface area contributed by atoms with E-state index < -0.39 is 0 Å². The molecule has 3 aromatic rings. The van der Waals surface area contributed by atoms with Gasteiger partial charge in [0.05, 0.1) is 22.1 Å². The summed E-state index contributed by atoms with van der Waals surface area (Å²) in [5, 5.41) is 0. The fourth-order valence-electron chi connectivity index (χ4n) is 2.74. The molecule has 0 bridgehead atoms. The second-order valence-electron chi connectivity index (χ2n) is 5.30. The lowest BCUT2D eigenvalue weighted by Crippen LogP contribution is -2.00. The first-order valence-corrected chi connectivity index (χ1v) is 12.2. The standard InChI is InChI=1S/C18H17I3N2O/c1-2-24-15-5-3-14(4-6-15)23-17-8-13(10-20)12(9-19)7-16(17)22-18(23)11-21/h3-8H,2,9-11H2,1H3. The molecule has 1 aromatic heterocycles. The van der Waals surface area contributed by atoms with Gasteiger partial charge in [-0.1, -0.05) is 67.8 Å². The van der Waals surface area contributed by atoms with Crippen molar-refractivity contribution in [2.24, 2.45) is 0 Å². The summed E-state index contributed by atoms with van der Waals surface area (Å²) in [6.07, 6.45) is 0. The highest BCUT2D eigenvalue weighted by atomic mass is 127. The molecule has 0 aliphatic rings. The van der Waals surface area contributed by atoms with Gasteiger partial charge in [0.15, 0.2) is 0 Å². The molecule has 0 saturated heterocycles. The molecule has 6 heteroatoms. The molecule has 24 heavy (non-hydrogen) atoms. The minimum absolute atomic E-state index is 0.685. The van der Waals surface area contributed by atoms with Gasteiger partial charge in [-0.05, 0) is 54.4 Å². The van der Waals surface area contributed by atoms with Gasteiger partial charge in [0.1, 0.15) is 11.6 Å². The summed E-state index contributed by atoms with van der Waals surface area (Å²) in [4.78, 5) is 4.87. The van der Waals surface area contributed by atoms with Gasteiger partial charge in [-0.3, -0.25) is 4.57 Å². The van der Waals surface area contributed by atoms with Crippen LogP contribution in [0.15, 0.2) is 36.4 Å². The van der Waals surface area contributed by atoms with E-state index in [1.54, 1.807) is 0 Å². The van der Waals surface area contributed by atoms with Crippen molar-refractivity contribution in [3.63, 3.8) is 0 Å². The van der Waals surface area contributed by atoms with Crippen LogP contribution in [0.5, 0.6) is 5.75 Å². The Labute approximate surface area is 183 Å². The molecule has 3 nitrogen and oxygen atoms in total. The minimum Gasteiger partial charge on any atom is -0.494 e. The summed E-state index contributed by atoms with van der Waals surface area (Å²) in [6, 6.07) is 12.8. The van der Waals surface area contributed by atoms with Gasteiger partial charge in [0, 0.05) is 14.5 Å². The van der Waals surface area contributed by atoms with E-state index in [9.17, 15) is 0 Å². The van der Waals surface area contributed by atoms with Gasteiger partial charge in [-0.25, -0.2) is 4.98 Å². The summed E-state index contributed by atoms with van der Waals surface area (Å²) in [5.74, 6) is 1.99. The molecular formula is C18H17I3N2O. The van der Waals surface area contributed by atoms with Gasteiger partial charge >= 0.3 is 0 Å². The van der Waals surface area contributed by atoms with E-state index in [1.165, 1.54) is 16.6 Å². The molecule has 0 unspecified atom stereocenters. The van der Waals surface area contributed by atoms with Crippen molar-refractivity contribution in [1.29, 1.82) is 0 Å². The van der Waals surface area contributed by atoms with Crippen LogP contribution in [-0.2, 0) is 13.3 Å². The van der Waals surface area contributed by atoms with E-state index in [-0.39, 0.29) is 0 Å². The van der Waals surface area contributed by atoms with Crippen molar-refractivity contribution in [3.8, 4) is 11.4 Å². The van der Waals surface area contributed by atoms with Crippen molar-refractivity contribution in [1.82, 2.24) is 9.55 Å². The monoisotopic (exact) mass is 658 g/mol. The number of rotatable bonds is 6. The van der Waals surface area contributed by atoms with Gasteiger partial charge < -0.3 is 4.74 Å². The lowest BCUT2D eigenvalue weighted by molar-refractivity contribution is 0.340. The number of nitrogens with zero attached hydrogens (tertiary/aromatic N) is 2. The predicted octanol–water partition coefficient (Wildman–Crippen LogP) is 6.23. The molecule has 0 radical (unpaired) electrons. The van der Waals surface area contributed by atoms with Crippen molar-refractivity contribution >= 4 is 78.8 Å². The third-order valence-electron chi connectivity index (χ3n) is 3.86. The predicted molar refractivity (Wildman–Crippen MR) is 125 cm³/mol. The highest BCUT2D eigenvalue weighted by Gasteiger charge is 2.14. The van der Waals surface area contributed by atoms with E-state index in [0.29, 0.717) is 6.61 Å². The zero-order chi connectivity index (χ0) is 17.1. The summed E-state index contributed by atoms with van der Waals surface area (Å²) in [6.45, 7) is 2.69. The molecule has 2 aromatic carbocycles. The largest absolute Gasteiger partial charge is 0.494 e. The summed E-state index contributed by atoms with van der Waals surface area (Å²) >= 11 is 7.25. The molecule has 0 spiro atoms. The fourth-order valence-corrected chi connectivity index (χ4v) is 4.68. The average molecular weight is 658 g/mol. The molecule has 0 aliphatic carbocycles. The Balaban J connectivity index is 2.18. The van der Waals surface area contributed by atoms with Crippen LogP contribution in [0.1, 0.15) is 23.9 Å². The number of hydrogen-bond donors (Lipinski definition) is 0. The number of imidazole rings is 1. The SMILES string of the molecule is CCOc1ccc(-n2c(CI)nc3cc(CI)c(CI)cc32)cc1. The molecule has 126 valence electrons. The van der Waals surface area contributed by atoms with Crippen molar-refractivity contribution < 1.29 is 4.74 Å². The Morgan fingerprint density at radius 3 is 2.21 bits per heavy atom. The van der Waals surface area contributed by atoms with Gasteiger partial charge in [-0.2, -0.15) is 0 Å². The molecule has 1 heterocycles. The number of fused-ring (bicyclic) bond motifs is 1. The second kappa shape index (κ2) is 8.52. The Hall–Kier alpha value is -0.100. The van der Waals surface area contributed by atoms with Gasteiger partial charge in [0.25, 0.3) is 0 Å². The molecule has 0 atom stereocenters. The summed E-state index contributed by atoms with van der Waals surface area (Å²) < 4.78 is 10.7. The maximum atomic E-state index is 5.56. The van der Waals surface area contributed by atoms with E-state index in [0.717, 1.165) is 36.1 Å². The zero-order valence-electron chi connectivity index (χ0n) is 13.2. The minimum atomic E-state index is 0.685. The Kier molecular flexibility index (Phi) is 6.63. The molecule has 0 N–H and O–H groups in total. The summed E-state index contributed by atoms with van der Waals surface area (Å²) in [5.41, 5.74) is 6.18. The average Bonchev–Trinajstić information content (AvgIpc) is 2.98. The van der Waals surface area contributed by atoms with Crippen LogP contribution in [0, 0.1) is 0 Å². The number of benzene rings is 2. The van der Waals surface area contributed by atoms with Crippen LogP contribution >= 0.6 is 67.8 Å². The zero-order valence-corrected chi connectivity index (χ0v) is 19.7. The molecular weight excluding hydrogens is 641 g/mol. The quantitative estimate of drug-likeness (QED) is 0.232. The Morgan fingerprint density at radius 2 is 1.62 bits per heavy atom. The third-order valence-corrected chi connectivity index (χ3v) is 6.18.